The molecule has 2 saturated heterocycles. The Morgan fingerprint density at radius 2 is 1.12 bits per heavy atom. The molecule has 0 radical (unpaired) electrons. The minimum Gasteiger partial charge on any atom is -0.388 e. The van der Waals surface area contributed by atoms with Crippen molar-refractivity contribution in [2.45, 2.75) is 105 Å². The molecule has 2 aliphatic heterocycles. The summed E-state index contributed by atoms with van der Waals surface area (Å²) in [5, 5.41) is 51.8. The monoisotopic (exact) mass is 1020 g/mol. The van der Waals surface area contributed by atoms with Crippen molar-refractivity contribution in [2.24, 2.45) is 0 Å². The van der Waals surface area contributed by atoms with Gasteiger partial charge in [0.25, 0.3) is 0 Å². The van der Waals surface area contributed by atoms with Gasteiger partial charge in [0.15, 0.2) is 0 Å². The van der Waals surface area contributed by atoms with E-state index in [0.29, 0.717) is 52.1 Å². The number of alkyl halides is 6. The fourth-order valence-electron chi connectivity index (χ4n) is 6.88. The molecule has 4 heterocycles. The molecule has 2 aliphatic rings. The number of aliphatic hydroxyl groups excluding tert-OH is 4. The van der Waals surface area contributed by atoms with E-state index in [1.165, 1.54) is 19.3 Å². The molecule has 0 saturated carbocycles. The predicted molar refractivity (Wildman–Crippen MR) is 236 cm³/mol. The number of nitrogens with zero attached hydrogens (tertiary/aromatic N) is 2. The third-order valence-corrected chi connectivity index (χ3v) is 11.9. The Bertz CT molecular complexity index is 1860. The van der Waals surface area contributed by atoms with Crippen molar-refractivity contribution in [1.82, 2.24) is 20.6 Å². The zero-order valence-electron chi connectivity index (χ0n) is 37.9. The largest absolute Gasteiger partial charge is 0.419 e. The standard InChI is InChI=1S/C43H62F6N6O13S/c1-26(56)25-69-33(41(62)53-13-5-15-64-17-7-19-66-24-32-38(61)36(59)30(22-68-32)55-40-28(43(47,48)49)9-3-11-52-40)20-34(57)50-12-4-14-63-16-6-18-65-23-31-37(60)35(58)29(21-67-31)54-39-27(42(44,45)46)8-2-10-51-39/h2-3,8-11,29-33,35-38,58-61H,4-7,12-25H2,1H3,(H,50,57)(H,51,54)(H,52,55)(H,53,62)/t29-,30-,31-,32-,33?,35-,36-,37+,38+/m1/s1. The molecular weight excluding hydrogens is 955 g/mol. The Morgan fingerprint density at radius 1 is 0.681 bits per heavy atom. The number of amides is 2. The van der Waals surface area contributed by atoms with Gasteiger partial charge in [0.1, 0.15) is 54.0 Å². The first-order chi connectivity index (χ1) is 32.9. The Hall–Kier alpha value is -3.96. The normalized spacial score (nSPS) is 23.5. The first-order valence-corrected chi connectivity index (χ1v) is 23.4. The van der Waals surface area contributed by atoms with E-state index in [9.17, 15) is 61.2 Å². The van der Waals surface area contributed by atoms with E-state index < -0.39 is 95.0 Å². The highest BCUT2D eigenvalue weighted by Crippen LogP contribution is 2.35. The van der Waals surface area contributed by atoms with E-state index in [2.05, 4.69) is 31.2 Å². The lowest BCUT2D eigenvalue weighted by Crippen LogP contribution is -2.57. The third-order valence-electron chi connectivity index (χ3n) is 10.6. The van der Waals surface area contributed by atoms with Gasteiger partial charge in [-0.15, -0.1) is 11.8 Å². The number of hydrogen-bond acceptors (Lipinski definition) is 18. The molecule has 9 atom stereocenters. The summed E-state index contributed by atoms with van der Waals surface area (Å²) < 4.78 is 113. The summed E-state index contributed by atoms with van der Waals surface area (Å²) in [7, 11) is 0. The molecule has 2 aromatic heterocycles. The summed E-state index contributed by atoms with van der Waals surface area (Å²) in [6.07, 6.45) is -12.9. The van der Waals surface area contributed by atoms with Crippen LogP contribution in [0.5, 0.6) is 0 Å². The minimum absolute atomic E-state index is 0.0478. The van der Waals surface area contributed by atoms with E-state index in [0.717, 1.165) is 36.0 Å². The zero-order chi connectivity index (χ0) is 50.4. The second kappa shape index (κ2) is 29.4. The minimum atomic E-state index is -4.67. The van der Waals surface area contributed by atoms with Crippen LogP contribution in [-0.2, 0) is 55.2 Å². The number of nitrogens with one attached hydrogen (secondary N) is 4. The van der Waals surface area contributed by atoms with Crippen LogP contribution in [0.15, 0.2) is 36.7 Å². The molecule has 1 unspecified atom stereocenters. The van der Waals surface area contributed by atoms with Crippen molar-refractivity contribution in [1.29, 1.82) is 0 Å². The summed E-state index contributed by atoms with van der Waals surface area (Å²) >= 11 is 1.07. The lowest BCUT2D eigenvalue weighted by molar-refractivity contribution is -0.160. The Balaban J connectivity index is 0.986. The third kappa shape index (κ3) is 20.0. The average molecular weight is 1020 g/mol. The summed E-state index contributed by atoms with van der Waals surface area (Å²) in [6.45, 7) is 3.07. The molecule has 0 aliphatic carbocycles. The highest BCUT2D eigenvalue weighted by Gasteiger charge is 2.42. The van der Waals surface area contributed by atoms with E-state index in [-0.39, 0.29) is 76.6 Å². The van der Waals surface area contributed by atoms with Gasteiger partial charge in [-0.25, -0.2) is 9.97 Å². The number of carbonyl (C=O) groups is 3. The van der Waals surface area contributed by atoms with Crippen LogP contribution < -0.4 is 21.3 Å². The molecule has 4 rings (SSSR count). The maximum atomic E-state index is 13.3. The maximum absolute atomic E-state index is 13.3. The van der Waals surface area contributed by atoms with Crippen LogP contribution in [0, 0.1) is 0 Å². The maximum Gasteiger partial charge on any atom is 0.419 e. The number of Topliss-reactive ketones (excluding diaryl/α,β-unsaturated/α-hetero) is 1. The van der Waals surface area contributed by atoms with Gasteiger partial charge < -0.3 is 70.1 Å². The van der Waals surface area contributed by atoms with Gasteiger partial charge in [-0.1, -0.05) is 0 Å². The van der Waals surface area contributed by atoms with E-state index in [1.807, 2.05) is 0 Å². The molecule has 19 nitrogen and oxygen atoms in total. The van der Waals surface area contributed by atoms with Crippen LogP contribution in [0.3, 0.4) is 0 Å². The van der Waals surface area contributed by atoms with Crippen molar-refractivity contribution in [3.8, 4) is 0 Å². The summed E-state index contributed by atoms with van der Waals surface area (Å²) in [6, 6.07) is 1.90. The highest BCUT2D eigenvalue weighted by atomic mass is 32.2. The van der Waals surface area contributed by atoms with E-state index in [4.69, 9.17) is 28.4 Å². The van der Waals surface area contributed by atoms with Gasteiger partial charge in [-0.05, 0) is 56.9 Å². The number of ketones is 1. The number of pyridine rings is 2. The zero-order valence-corrected chi connectivity index (χ0v) is 38.7. The topological polar surface area (TPSA) is 261 Å². The van der Waals surface area contributed by atoms with Crippen molar-refractivity contribution < 1.29 is 89.6 Å². The molecule has 0 bridgehead atoms. The molecule has 390 valence electrons. The quantitative estimate of drug-likeness (QED) is 0.0411. The van der Waals surface area contributed by atoms with E-state index in [1.54, 1.807) is 0 Å². The van der Waals surface area contributed by atoms with E-state index >= 15 is 0 Å². The molecule has 2 aromatic rings. The molecule has 2 fully saturated rings. The average Bonchev–Trinajstić information content (AvgIpc) is 3.30. The number of anilines is 2. The first kappa shape index (κ1) is 57.6. The molecule has 69 heavy (non-hydrogen) atoms. The Labute approximate surface area is 399 Å². The predicted octanol–water partition coefficient (Wildman–Crippen LogP) is 1.96. The molecule has 26 heteroatoms. The highest BCUT2D eigenvalue weighted by molar-refractivity contribution is 8.01. The SMILES string of the molecule is CC(=O)CSC(CC(=O)NCCCOCCCOC[C@H]1OC[C@@H](Nc2ncccc2C(F)(F)F)[C@@H](O)[C@H]1O)C(=O)NCCCOCCCOC[C@H]1OC[C@@H](Nc2ncccc2C(F)(F)F)[C@@H](O)[C@H]1O. The van der Waals surface area contributed by atoms with Gasteiger partial charge >= 0.3 is 12.4 Å². The molecule has 0 spiro atoms. The van der Waals surface area contributed by atoms with Gasteiger partial charge in [-0.3, -0.25) is 14.4 Å². The van der Waals surface area contributed by atoms with Gasteiger partial charge in [0.2, 0.25) is 11.8 Å². The van der Waals surface area contributed by atoms with Crippen molar-refractivity contribution in [3.63, 3.8) is 0 Å². The van der Waals surface area contributed by atoms with Crippen LogP contribution in [-0.4, -0.2) is 187 Å². The number of ether oxygens (including phenoxy) is 6. The number of halogens is 6. The van der Waals surface area contributed by atoms with Crippen LogP contribution in [0.4, 0.5) is 38.0 Å². The molecule has 0 aromatic carbocycles. The molecular formula is C43H62F6N6O13S. The van der Waals surface area contributed by atoms with Crippen LogP contribution in [0.25, 0.3) is 0 Å². The molecule has 8 N–H and O–H groups in total. The molecule has 2 amide bonds. The Kier molecular flexibility index (Phi) is 24.5. The lowest BCUT2D eigenvalue weighted by atomic mass is 9.98. The smallest absolute Gasteiger partial charge is 0.388 e. The summed E-state index contributed by atoms with van der Waals surface area (Å²) in [5.74, 6) is -1.85. The van der Waals surface area contributed by atoms with Crippen molar-refractivity contribution >= 4 is 41.0 Å². The lowest BCUT2D eigenvalue weighted by Gasteiger charge is -2.38. The second-order valence-electron chi connectivity index (χ2n) is 16.1. The van der Waals surface area contributed by atoms with Crippen LogP contribution >= 0.6 is 11.8 Å². The first-order valence-electron chi connectivity index (χ1n) is 22.4. The van der Waals surface area contributed by atoms with Crippen LogP contribution in [0.1, 0.15) is 50.2 Å². The number of hydrogen-bond donors (Lipinski definition) is 8. The van der Waals surface area contributed by atoms with Gasteiger partial charge in [-0.2, -0.15) is 26.3 Å². The number of aromatic nitrogens is 2. The number of thioether (sulfide) groups is 1. The van der Waals surface area contributed by atoms with Crippen LogP contribution in [0.2, 0.25) is 0 Å². The van der Waals surface area contributed by atoms with Crippen molar-refractivity contribution in [2.75, 3.05) is 95.5 Å². The van der Waals surface area contributed by atoms with Gasteiger partial charge in [0.05, 0.1) is 60.6 Å². The fraction of sp³-hybridized carbons (Fsp3) is 0.698. The summed E-state index contributed by atoms with van der Waals surface area (Å²) in [4.78, 5) is 44.6. The van der Waals surface area contributed by atoms with Gasteiger partial charge in [0, 0.05) is 71.5 Å². The summed E-state index contributed by atoms with van der Waals surface area (Å²) in [5.41, 5.74) is -2.03. The number of aliphatic hydroxyl groups is 4. The second-order valence-corrected chi connectivity index (χ2v) is 17.3. The number of rotatable bonds is 30. The van der Waals surface area contributed by atoms with Crippen molar-refractivity contribution in [3.05, 3.63) is 47.8 Å². The Morgan fingerprint density at radius 3 is 1.57 bits per heavy atom. The fourth-order valence-corrected chi connectivity index (χ4v) is 7.82. The number of carbonyl (C=O) groups excluding carboxylic acids is 3.